The van der Waals surface area contributed by atoms with E-state index in [0.717, 1.165) is 0 Å². The van der Waals surface area contributed by atoms with Gasteiger partial charge in [-0.3, -0.25) is 13.9 Å². The molecule has 3 rings (SSSR count). The SMILES string of the molecule is CCC(C)(CC1OC(n2cnc3c(=O)[nH]cnc32)C(O)C1O)OP(=O)(O)C(C)(C)O. The molecule has 168 valence electrons. The average Bonchev–Trinajstić information content (AvgIpc) is 3.18. The van der Waals surface area contributed by atoms with Gasteiger partial charge >= 0.3 is 7.60 Å². The van der Waals surface area contributed by atoms with Crippen LogP contribution in [0, 0.1) is 0 Å². The highest BCUT2D eigenvalue weighted by molar-refractivity contribution is 7.54. The molecular formula is C17H27N4O8P. The van der Waals surface area contributed by atoms with Crippen LogP contribution in [0.3, 0.4) is 0 Å². The minimum Gasteiger partial charge on any atom is -0.388 e. The lowest BCUT2D eigenvalue weighted by Crippen LogP contribution is -2.39. The van der Waals surface area contributed by atoms with Gasteiger partial charge in [0.15, 0.2) is 22.7 Å². The number of hydrogen-bond donors (Lipinski definition) is 5. The standard InChI is InChI=1S/C17H27N4O8P/c1-5-17(4,29-30(26,27)16(2,3)25)6-9-11(22)12(23)15(28-9)21-8-20-10-13(21)18-7-19-14(10)24/h7-9,11-12,15,22-23,25H,5-6H2,1-4H3,(H,26,27)(H,18,19,24). The molecule has 0 radical (unpaired) electrons. The van der Waals surface area contributed by atoms with Crippen LogP contribution in [-0.2, 0) is 13.8 Å². The third-order valence-corrected chi connectivity index (χ3v) is 7.46. The van der Waals surface area contributed by atoms with Gasteiger partial charge < -0.3 is 34.5 Å². The molecule has 1 saturated heterocycles. The molecule has 30 heavy (non-hydrogen) atoms. The third kappa shape index (κ3) is 4.09. The summed E-state index contributed by atoms with van der Waals surface area (Å²) < 4.78 is 25.0. The number of aromatic amines is 1. The molecule has 0 aromatic carbocycles. The van der Waals surface area contributed by atoms with Crippen molar-refractivity contribution in [2.45, 2.75) is 76.0 Å². The van der Waals surface area contributed by atoms with Crippen molar-refractivity contribution in [3.63, 3.8) is 0 Å². The summed E-state index contributed by atoms with van der Waals surface area (Å²) in [6.45, 7) is 5.62. The number of ether oxygens (including phenoxy) is 1. The number of H-pyrrole nitrogens is 1. The van der Waals surface area contributed by atoms with Gasteiger partial charge in [0.25, 0.3) is 5.56 Å². The Bertz CT molecular complexity index is 1020. The second-order valence-electron chi connectivity index (χ2n) is 8.22. The Morgan fingerprint density at radius 2 is 1.97 bits per heavy atom. The molecule has 2 aromatic heterocycles. The molecular weight excluding hydrogens is 419 g/mol. The number of aliphatic hydroxyl groups is 3. The molecule has 12 nitrogen and oxygen atoms in total. The number of imidazole rings is 1. The molecule has 0 aliphatic carbocycles. The molecule has 13 heteroatoms. The van der Waals surface area contributed by atoms with Gasteiger partial charge in [0.2, 0.25) is 0 Å². The van der Waals surface area contributed by atoms with Crippen molar-refractivity contribution in [3.05, 3.63) is 23.0 Å². The van der Waals surface area contributed by atoms with E-state index in [2.05, 4.69) is 15.0 Å². The summed E-state index contributed by atoms with van der Waals surface area (Å²) in [5, 5.41) is 29.0. The molecule has 2 aromatic rings. The van der Waals surface area contributed by atoms with E-state index in [1.54, 1.807) is 13.8 Å². The quantitative estimate of drug-likeness (QED) is 0.369. The molecule has 0 saturated carbocycles. The van der Waals surface area contributed by atoms with Crippen LogP contribution in [0.4, 0.5) is 0 Å². The molecule has 0 amide bonds. The second-order valence-corrected chi connectivity index (χ2v) is 10.5. The van der Waals surface area contributed by atoms with E-state index < -0.39 is 48.6 Å². The van der Waals surface area contributed by atoms with Gasteiger partial charge in [-0.05, 0) is 27.2 Å². The zero-order valence-electron chi connectivity index (χ0n) is 17.1. The summed E-state index contributed by atoms with van der Waals surface area (Å²) in [6, 6.07) is 0. The number of nitrogens with zero attached hydrogens (tertiary/aromatic N) is 3. The lowest BCUT2D eigenvalue weighted by Gasteiger charge is -2.36. The highest BCUT2D eigenvalue weighted by Gasteiger charge is 2.50. The number of aromatic nitrogens is 4. The van der Waals surface area contributed by atoms with Crippen LogP contribution in [0.25, 0.3) is 11.2 Å². The fraction of sp³-hybridized carbons (Fsp3) is 0.706. The van der Waals surface area contributed by atoms with E-state index in [1.807, 2.05) is 0 Å². The molecule has 1 aliphatic rings. The van der Waals surface area contributed by atoms with Crippen molar-refractivity contribution in [3.8, 4) is 0 Å². The van der Waals surface area contributed by atoms with Gasteiger partial charge in [-0.2, -0.15) is 0 Å². The van der Waals surface area contributed by atoms with Gasteiger partial charge in [0.1, 0.15) is 12.2 Å². The minimum atomic E-state index is -4.42. The molecule has 0 spiro atoms. The monoisotopic (exact) mass is 446 g/mol. The Kier molecular flexibility index (Phi) is 5.98. The summed E-state index contributed by atoms with van der Waals surface area (Å²) in [7, 11) is -4.42. The van der Waals surface area contributed by atoms with E-state index in [1.165, 1.54) is 31.1 Å². The minimum absolute atomic E-state index is 0.0422. The highest BCUT2D eigenvalue weighted by Crippen LogP contribution is 2.57. The Morgan fingerprint density at radius 1 is 1.30 bits per heavy atom. The number of rotatable bonds is 7. The van der Waals surface area contributed by atoms with Crippen molar-refractivity contribution in [2.75, 3.05) is 0 Å². The third-order valence-electron chi connectivity index (χ3n) is 5.39. The molecule has 6 atom stereocenters. The predicted molar refractivity (Wildman–Crippen MR) is 105 cm³/mol. The average molecular weight is 446 g/mol. The van der Waals surface area contributed by atoms with Crippen LogP contribution in [0.1, 0.15) is 46.8 Å². The van der Waals surface area contributed by atoms with Crippen molar-refractivity contribution in [1.29, 1.82) is 0 Å². The topological polar surface area (TPSA) is 180 Å². The predicted octanol–water partition coefficient (Wildman–Crippen LogP) is 0.228. The summed E-state index contributed by atoms with van der Waals surface area (Å²) in [5.41, 5.74) is -1.47. The number of aliphatic hydroxyl groups excluding tert-OH is 2. The number of hydrogen-bond acceptors (Lipinski definition) is 9. The van der Waals surface area contributed by atoms with Crippen LogP contribution in [0.15, 0.2) is 17.4 Å². The van der Waals surface area contributed by atoms with Crippen LogP contribution in [0.5, 0.6) is 0 Å². The summed E-state index contributed by atoms with van der Waals surface area (Å²) >= 11 is 0. The maximum Gasteiger partial charge on any atom is 0.359 e. The molecule has 0 bridgehead atoms. The van der Waals surface area contributed by atoms with Crippen LogP contribution < -0.4 is 5.56 Å². The van der Waals surface area contributed by atoms with E-state index in [4.69, 9.17) is 9.26 Å². The lowest BCUT2D eigenvalue weighted by atomic mass is 9.93. The zero-order chi connectivity index (χ0) is 22.5. The smallest absolute Gasteiger partial charge is 0.359 e. The highest BCUT2D eigenvalue weighted by atomic mass is 31.2. The first-order chi connectivity index (χ1) is 13.8. The van der Waals surface area contributed by atoms with E-state index in [0.29, 0.717) is 0 Å². The number of fused-ring (bicyclic) bond motifs is 1. The normalized spacial score (nSPS) is 29.1. The summed E-state index contributed by atoms with van der Waals surface area (Å²) in [6.07, 6.45) is -2.06. The first-order valence-corrected chi connectivity index (χ1v) is 11.1. The van der Waals surface area contributed by atoms with Crippen molar-refractivity contribution >= 4 is 18.8 Å². The van der Waals surface area contributed by atoms with E-state index >= 15 is 0 Å². The van der Waals surface area contributed by atoms with Gasteiger partial charge in [-0.1, -0.05) is 6.92 Å². The van der Waals surface area contributed by atoms with Crippen molar-refractivity contribution in [2.24, 2.45) is 0 Å². The van der Waals surface area contributed by atoms with Gasteiger partial charge in [-0.15, -0.1) is 0 Å². The largest absolute Gasteiger partial charge is 0.388 e. The van der Waals surface area contributed by atoms with Gasteiger partial charge in [-0.25, -0.2) is 9.97 Å². The van der Waals surface area contributed by atoms with Crippen molar-refractivity contribution in [1.82, 2.24) is 19.5 Å². The van der Waals surface area contributed by atoms with Crippen molar-refractivity contribution < 1.29 is 34.0 Å². The van der Waals surface area contributed by atoms with Gasteiger partial charge in [0.05, 0.1) is 24.4 Å². The Balaban J connectivity index is 1.85. The summed E-state index contributed by atoms with van der Waals surface area (Å²) in [4.78, 5) is 32.4. The van der Waals surface area contributed by atoms with E-state index in [9.17, 15) is 29.6 Å². The van der Waals surface area contributed by atoms with Gasteiger partial charge in [0, 0.05) is 6.42 Å². The Hall–Kier alpha value is -1.66. The number of nitrogens with one attached hydrogen (secondary N) is 1. The maximum absolute atomic E-state index is 12.4. The Morgan fingerprint density at radius 3 is 2.57 bits per heavy atom. The summed E-state index contributed by atoms with van der Waals surface area (Å²) in [5.74, 6) is 0. The fourth-order valence-electron chi connectivity index (χ4n) is 3.26. The van der Waals surface area contributed by atoms with Crippen LogP contribution in [0.2, 0.25) is 0 Å². The molecule has 1 fully saturated rings. The lowest BCUT2D eigenvalue weighted by molar-refractivity contribution is -0.0684. The van der Waals surface area contributed by atoms with Crippen LogP contribution in [-0.4, -0.2) is 69.0 Å². The van der Waals surface area contributed by atoms with E-state index in [-0.39, 0.29) is 24.0 Å². The molecule has 5 N–H and O–H groups in total. The fourth-order valence-corrected chi connectivity index (χ4v) is 4.28. The molecule has 3 heterocycles. The molecule has 1 aliphatic heterocycles. The first-order valence-electron chi connectivity index (χ1n) is 9.47. The maximum atomic E-state index is 12.4. The Labute approximate surface area is 172 Å². The van der Waals surface area contributed by atoms with Crippen LogP contribution >= 0.6 is 7.60 Å². The zero-order valence-corrected chi connectivity index (χ0v) is 18.0. The molecule has 6 unspecified atom stereocenters. The second kappa shape index (κ2) is 7.79. The first kappa shape index (κ1) is 23.0.